The van der Waals surface area contributed by atoms with Crippen molar-refractivity contribution in [1.82, 2.24) is 10.2 Å². The number of carbonyl (C=O) groups excluding carboxylic acids is 1. The molecule has 0 radical (unpaired) electrons. The van der Waals surface area contributed by atoms with Gasteiger partial charge in [0.2, 0.25) is 5.89 Å². The molecule has 0 N–H and O–H groups in total. The van der Waals surface area contributed by atoms with Gasteiger partial charge in [0.15, 0.2) is 12.7 Å². The van der Waals surface area contributed by atoms with Crippen LogP contribution in [0.15, 0.2) is 59.0 Å². The third-order valence-electron chi connectivity index (χ3n) is 4.02. The van der Waals surface area contributed by atoms with Crippen molar-refractivity contribution in [3.05, 3.63) is 66.1 Å². The molecule has 0 amide bonds. The van der Waals surface area contributed by atoms with E-state index in [2.05, 4.69) is 24.0 Å². The van der Waals surface area contributed by atoms with Crippen molar-refractivity contribution in [1.29, 1.82) is 0 Å². The van der Waals surface area contributed by atoms with Gasteiger partial charge in [-0.2, -0.15) is 0 Å². The minimum atomic E-state index is -0.658. The Balaban J connectivity index is 1.52. The van der Waals surface area contributed by atoms with Crippen LogP contribution in [-0.2, 0) is 9.53 Å². The standard InChI is InChI=1S/C21H22N2O4/c1-14(2)16-9-11-18(12-10-16)25-13-19(24)26-15(3)20-22-23-21(27-20)17-7-5-4-6-8-17/h4-12,14-15H,13H2,1-3H3/t15-/m1/s1. The highest BCUT2D eigenvalue weighted by molar-refractivity contribution is 5.71. The molecule has 0 saturated heterocycles. The molecule has 2 aromatic carbocycles. The first kappa shape index (κ1) is 18.6. The van der Waals surface area contributed by atoms with E-state index in [9.17, 15) is 4.79 Å². The number of rotatable bonds is 7. The van der Waals surface area contributed by atoms with Gasteiger partial charge in [0, 0.05) is 5.56 Å². The maximum Gasteiger partial charge on any atom is 0.344 e. The van der Waals surface area contributed by atoms with Crippen molar-refractivity contribution >= 4 is 5.97 Å². The molecule has 0 unspecified atom stereocenters. The average molecular weight is 366 g/mol. The highest BCUT2D eigenvalue weighted by atomic mass is 16.6. The number of ether oxygens (including phenoxy) is 2. The van der Waals surface area contributed by atoms with E-state index < -0.39 is 12.1 Å². The molecule has 0 aliphatic rings. The predicted octanol–water partition coefficient (Wildman–Crippen LogP) is 4.54. The Labute approximate surface area is 158 Å². The van der Waals surface area contributed by atoms with E-state index in [0.29, 0.717) is 17.6 Å². The first-order valence-electron chi connectivity index (χ1n) is 8.84. The van der Waals surface area contributed by atoms with Crippen LogP contribution in [0.5, 0.6) is 5.75 Å². The summed E-state index contributed by atoms with van der Waals surface area (Å²) in [6, 6.07) is 17.1. The van der Waals surface area contributed by atoms with Crippen LogP contribution in [0, 0.1) is 0 Å². The fraction of sp³-hybridized carbons (Fsp3) is 0.286. The average Bonchev–Trinajstić information content (AvgIpc) is 3.18. The monoisotopic (exact) mass is 366 g/mol. The van der Waals surface area contributed by atoms with Crippen molar-refractivity contribution < 1.29 is 18.7 Å². The molecule has 0 bridgehead atoms. The fourth-order valence-corrected chi connectivity index (χ4v) is 2.47. The Kier molecular flexibility index (Phi) is 5.86. The van der Waals surface area contributed by atoms with Crippen LogP contribution in [0.1, 0.15) is 44.2 Å². The van der Waals surface area contributed by atoms with Crippen molar-refractivity contribution in [3.8, 4) is 17.2 Å². The molecule has 0 saturated carbocycles. The molecule has 6 heteroatoms. The number of hydrogen-bond donors (Lipinski definition) is 0. The number of esters is 1. The van der Waals surface area contributed by atoms with E-state index in [1.165, 1.54) is 5.56 Å². The van der Waals surface area contributed by atoms with E-state index in [1.54, 1.807) is 6.92 Å². The Bertz CT molecular complexity index is 873. The highest BCUT2D eigenvalue weighted by Crippen LogP contribution is 2.22. The molecule has 3 rings (SSSR count). The SMILES string of the molecule is CC(C)c1ccc(OCC(=O)O[C@H](C)c2nnc(-c3ccccc3)o2)cc1. The van der Waals surface area contributed by atoms with E-state index in [4.69, 9.17) is 13.9 Å². The lowest BCUT2D eigenvalue weighted by molar-refractivity contribution is -0.152. The predicted molar refractivity (Wildman–Crippen MR) is 100 cm³/mol. The van der Waals surface area contributed by atoms with Crippen molar-refractivity contribution in [2.45, 2.75) is 32.8 Å². The van der Waals surface area contributed by atoms with Crippen molar-refractivity contribution in [2.24, 2.45) is 0 Å². The van der Waals surface area contributed by atoms with Gasteiger partial charge in [-0.15, -0.1) is 10.2 Å². The first-order chi connectivity index (χ1) is 13.0. The van der Waals surface area contributed by atoms with E-state index in [-0.39, 0.29) is 12.5 Å². The smallest absolute Gasteiger partial charge is 0.344 e. The molecule has 1 heterocycles. The minimum Gasteiger partial charge on any atom is -0.482 e. The largest absolute Gasteiger partial charge is 0.482 e. The molecule has 27 heavy (non-hydrogen) atoms. The van der Waals surface area contributed by atoms with Crippen LogP contribution < -0.4 is 4.74 Å². The van der Waals surface area contributed by atoms with Gasteiger partial charge in [-0.3, -0.25) is 0 Å². The lowest BCUT2D eigenvalue weighted by Crippen LogP contribution is -2.17. The fourth-order valence-electron chi connectivity index (χ4n) is 2.47. The summed E-state index contributed by atoms with van der Waals surface area (Å²) in [4.78, 5) is 12.0. The molecule has 0 aliphatic heterocycles. The summed E-state index contributed by atoms with van der Waals surface area (Å²) >= 11 is 0. The summed E-state index contributed by atoms with van der Waals surface area (Å²) in [6.07, 6.45) is -0.658. The molecule has 0 fully saturated rings. The maximum atomic E-state index is 12.0. The van der Waals surface area contributed by atoms with Crippen molar-refractivity contribution in [2.75, 3.05) is 6.61 Å². The summed E-state index contributed by atoms with van der Waals surface area (Å²) in [5.74, 6) is 1.18. The van der Waals surface area contributed by atoms with Gasteiger partial charge in [-0.05, 0) is 42.7 Å². The molecule has 1 atom stereocenters. The van der Waals surface area contributed by atoms with Crippen LogP contribution >= 0.6 is 0 Å². The summed E-state index contributed by atoms with van der Waals surface area (Å²) in [6.45, 7) is 5.73. The number of aromatic nitrogens is 2. The molecule has 3 aromatic rings. The van der Waals surface area contributed by atoms with Gasteiger partial charge in [-0.25, -0.2) is 4.79 Å². The van der Waals surface area contributed by atoms with Gasteiger partial charge in [0.05, 0.1) is 0 Å². The van der Waals surface area contributed by atoms with Crippen LogP contribution in [0.4, 0.5) is 0 Å². The summed E-state index contributed by atoms with van der Waals surface area (Å²) in [5.41, 5.74) is 2.02. The Hall–Kier alpha value is -3.15. The highest BCUT2D eigenvalue weighted by Gasteiger charge is 2.19. The molecule has 0 spiro atoms. The second-order valence-electron chi connectivity index (χ2n) is 6.46. The zero-order chi connectivity index (χ0) is 19.2. The number of hydrogen-bond acceptors (Lipinski definition) is 6. The molecule has 6 nitrogen and oxygen atoms in total. The Morgan fingerprint density at radius 1 is 1.00 bits per heavy atom. The van der Waals surface area contributed by atoms with Crippen LogP contribution in [0.3, 0.4) is 0 Å². The number of carbonyl (C=O) groups is 1. The van der Waals surface area contributed by atoms with Crippen LogP contribution in [0.2, 0.25) is 0 Å². The maximum absolute atomic E-state index is 12.0. The van der Waals surface area contributed by atoms with Gasteiger partial charge < -0.3 is 13.9 Å². The van der Waals surface area contributed by atoms with E-state index in [1.807, 2.05) is 54.6 Å². The molecular weight excluding hydrogens is 344 g/mol. The first-order valence-corrected chi connectivity index (χ1v) is 8.84. The third kappa shape index (κ3) is 4.94. The van der Waals surface area contributed by atoms with Crippen LogP contribution in [-0.4, -0.2) is 22.8 Å². The van der Waals surface area contributed by atoms with Crippen molar-refractivity contribution in [3.63, 3.8) is 0 Å². The van der Waals surface area contributed by atoms with Gasteiger partial charge >= 0.3 is 5.97 Å². The zero-order valence-electron chi connectivity index (χ0n) is 15.6. The van der Waals surface area contributed by atoms with Gasteiger partial charge in [-0.1, -0.05) is 44.2 Å². The molecular formula is C21H22N2O4. The molecule has 1 aromatic heterocycles. The lowest BCUT2D eigenvalue weighted by atomic mass is 10.0. The van der Waals surface area contributed by atoms with E-state index >= 15 is 0 Å². The number of benzene rings is 2. The quantitative estimate of drug-likeness (QED) is 0.571. The zero-order valence-corrected chi connectivity index (χ0v) is 15.6. The second kappa shape index (κ2) is 8.49. The minimum absolute atomic E-state index is 0.189. The second-order valence-corrected chi connectivity index (χ2v) is 6.46. The summed E-state index contributed by atoms with van der Waals surface area (Å²) in [5, 5.41) is 7.95. The normalized spacial score (nSPS) is 12.0. The van der Waals surface area contributed by atoms with Crippen LogP contribution in [0.25, 0.3) is 11.5 Å². The van der Waals surface area contributed by atoms with Gasteiger partial charge in [0.25, 0.3) is 5.89 Å². The van der Waals surface area contributed by atoms with Gasteiger partial charge in [0.1, 0.15) is 5.75 Å². The lowest BCUT2D eigenvalue weighted by Gasteiger charge is -2.11. The summed E-state index contributed by atoms with van der Waals surface area (Å²) < 4.78 is 16.4. The molecule has 0 aliphatic carbocycles. The summed E-state index contributed by atoms with van der Waals surface area (Å²) in [7, 11) is 0. The Morgan fingerprint density at radius 3 is 2.37 bits per heavy atom. The topological polar surface area (TPSA) is 74.5 Å². The number of nitrogens with zero attached hydrogens (tertiary/aromatic N) is 2. The molecule has 140 valence electrons. The third-order valence-corrected chi connectivity index (χ3v) is 4.02. The Morgan fingerprint density at radius 2 is 1.70 bits per heavy atom. The van der Waals surface area contributed by atoms with E-state index in [0.717, 1.165) is 5.56 Å².